The van der Waals surface area contributed by atoms with Crippen LogP contribution in [-0.4, -0.2) is 59.1 Å². The predicted octanol–water partition coefficient (Wildman–Crippen LogP) is 0.764. The second-order valence-electron chi connectivity index (χ2n) is 6.45. The molecule has 0 unspecified atom stereocenters. The zero-order valence-corrected chi connectivity index (χ0v) is 13.3. The van der Waals surface area contributed by atoms with Gasteiger partial charge in [0.15, 0.2) is 0 Å². The van der Waals surface area contributed by atoms with Gasteiger partial charge in [-0.25, -0.2) is 8.42 Å². The number of carbonyl (C=O) groups is 1. The zero-order valence-electron chi connectivity index (χ0n) is 12.4. The molecule has 2 bridgehead atoms. The van der Waals surface area contributed by atoms with Crippen LogP contribution in [0.1, 0.15) is 41.8 Å². The summed E-state index contributed by atoms with van der Waals surface area (Å²) >= 11 is 0. The quantitative estimate of drug-likeness (QED) is 0.819. The average Bonchev–Trinajstić information content (AvgIpc) is 3.21. The first-order valence-corrected chi connectivity index (χ1v) is 9.21. The van der Waals surface area contributed by atoms with Crippen molar-refractivity contribution in [3.8, 4) is 0 Å². The van der Waals surface area contributed by atoms with Gasteiger partial charge >= 0.3 is 0 Å². The van der Waals surface area contributed by atoms with Crippen LogP contribution >= 0.6 is 0 Å². The van der Waals surface area contributed by atoms with Crippen molar-refractivity contribution in [2.45, 2.75) is 49.9 Å². The molecule has 2 aliphatic heterocycles. The van der Waals surface area contributed by atoms with E-state index in [-0.39, 0.29) is 23.2 Å². The topological polar surface area (TPSA) is 83.7 Å². The van der Waals surface area contributed by atoms with Crippen LogP contribution < -0.4 is 0 Å². The molecule has 120 valence electrons. The van der Waals surface area contributed by atoms with Gasteiger partial charge in [-0.3, -0.25) is 4.79 Å². The Morgan fingerprint density at radius 1 is 1.23 bits per heavy atom. The molecule has 1 aromatic rings. The van der Waals surface area contributed by atoms with E-state index in [0.717, 1.165) is 25.7 Å². The summed E-state index contributed by atoms with van der Waals surface area (Å²) in [7, 11) is -3.16. The van der Waals surface area contributed by atoms with Crippen molar-refractivity contribution in [3.63, 3.8) is 0 Å². The summed E-state index contributed by atoms with van der Waals surface area (Å²) in [6, 6.07) is -0.0665. The summed E-state index contributed by atoms with van der Waals surface area (Å²) in [4.78, 5) is 14.5. The minimum absolute atomic E-state index is 0.0333. The number of hydrogen-bond acceptors (Lipinski definition) is 5. The Hall–Kier alpha value is -1.41. The Kier molecular flexibility index (Phi) is 3.09. The van der Waals surface area contributed by atoms with Gasteiger partial charge in [-0.05, 0) is 32.6 Å². The molecular weight excluding hydrogens is 306 g/mol. The molecule has 1 saturated carbocycles. The maximum atomic E-state index is 12.7. The van der Waals surface area contributed by atoms with Crippen LogP contribution in [0.25, 0.3) is 0 Å². The lowest BCUT2D eigenvalue weighted by Crippen LogP contribution is -2.57. The van der Waals surface area contributed by atoms with E-state index in [1.165, 1.54) is 6.20 Å². The maximum Gasteiger partial charge on any atom is 0.259 e. The van der Waals surface area contributed by atoms with E-state index in [2.05, 4.69) is 5.16 Å². The smallest absolute Gasteiger partial charge is 0.259 e. The lowest BCUT2D eigenvalue weighted by atomic mass is 10.1. The van der Waals surface area contributed by atoms with Crippen molar-refractivity contribution in [2.24, 2.45) is 0 Å². The fourth-order valence-electron chi connectivity index (χ4n) is 3.62. The summed E-state index contributed by atoms with van der Waals surface area (Å²) in [5.74, 6) is 0.423. The van der Waals surface area contributed by atoms with Crippen LogP contribution in [0.3, 0.4) is 0 Å². The number of piperazine rings is 1. The first-order valence-electron chi connectivity index (χ1n) is 7.71. The monoisotopic (exact) mass is 325 g/mol. The molecule has 0 aromatic carbocycles. The molecule has 22 heavy (non-hydrogen) atoms. The van der Waals surface area contributed by atoms with E-state index in [1.807, 2.05) is 4.90 Å². The Balaban J connectivity index is 1.56. The average molecular weight is 325 g/mol. The fraction of sp³-hybridized carbons (Fsp3) is 0.714. The molecule has 4 rings (SSSR count). The zero-order chi connectivity index (χ0) is 15.5. The predicted molar refractivity (Wildman–Crippen MR) is 77.7 cm³/mol. The minimum atomic E-state index is -3.16. The van der Waals surface area contributed by atoms with Crippen molar-refractivity contribution in [1.29, 1.82) is 0 Å². The minimum Gasteiger partial charge on any atom is -0.361 e. The molecule has 3 heterocycles. The fourth-order valence-corrected chi connectivity index (χ4v) is 5.54. The van der Waals surface area contributed by atoms with E-state index < -0.39 is 10.0 Å². The Morgan fingerprint density at radius 2 is 1.86 bits per heavy atom. The second kappa shape index (κ2) is 4.79. The van der Waals surface area contributed by atoms with Crippen molar-refractivity contribution in [1.82, 2.24) is 14.4 Å². The van der Waals surface area contributed by atoms with Gasteiger partial charge in [0.2, 0.25) is 10.0 Å². The van der Waals surface area contributed by atoms with Gasteiger partial charge in [0.1, 0.15) is 11.3 Å². The van der Waals surface area contributed by atoms with Gasteiger partial charge < -0.3 is 9.42 Å². The van der Waals surface area contributed by atoms with E-state index in [1.54, 1.807) is 11.2 Å². The number of aromatic nitrogens is 1. The van der Waals surface area contributed by atoms with Crippen LogP contribution in [0.15, 0.2) is 10.7 Å². The number of rotatable bonds is 3. The van der Waals surface area contributed by atoms with E-state index >= 15 is 0 Å². The van der Waals surface area contributed by atoms with Crippen molar-refractivity contribution in [3.05, 3.63) is 17.5 Å². The molecule has 7 nitrogen and oxygen atoms in total. The SMILES string of the molecule is Cc1oncc1C(=O)N1[C@H]2CC[C@H]1CN(S(=O)(=O)C1CC1)C2. The van der Waals surface area contributed by atoms with Gasteiger partial charge in [-0.1, -0.05) is 5.16 Å². The van der Waals surface area contributed by atoms with Gasteiger partial charge in [-0.2, -0.15) is 4.31 Å². The maximum absolute atomic E-state index is 12.7. The van der Waals surface area contributed by atoms with E-state index in [4.69, 9.17) is 4.52 Å². The number of carbonyl (C=O) groups excluding carboxylic acids is 1. The van der Waals surface area contributed by atoms with E-state index in [0.29, 0.717) is 24.4 Å². The molecule has 0 N–H and O–H groups in total. The first kappa shape index (κ1) is 14.2. The Bertz CT molecular complexity index is 695. The van der Waals surface area contributed by atoms with Gasteiger partial charge in [0.25, 0.3) is 5.91 Å². The third-order valence-corrected chi connectivity index (χ3v) is 7.30. The van der Waals surface area contributed by atoms with Crippen LogP contribution in [0.2, 0.25) is 0 Å². The van der Waals surface area contributed by atoms with Gasteiger partial charge in [0.05, 0.1) is 11.4 Å². The molecule has 1 aliphatic carbocycles. The summed E-state index contributed by atoms with van der Waals surface area (Å²) < 4.78 is 31.4. The highest BCUT2D eigenvalue weighted by Crippen LogP contribution is 2.37. The molecule has 2 atom stereocenters. The highest BCUT2D eigenvalue weighted by Gasteiger charge is 2.49. The molecule has 2 saturated heterocycles. The summed E-state index contributed by atoms with van der Waals surface area (Å²) in [6.45, 7) is 2.56. The Labute approximate surface area is 129 Å². The van der Waals surface area contributed by atoms with Crippen LogP contribution in [0.5, 0.6) is 0 Å². The molecule has 8 heteroatoms. The number of aryl methyl sites for hydroxylation is 1. The van der Waals surface area contributed by atoms with E-state index in [9.17, 15) is 13.2 Å². The van der Waals surface area contributed by atoms with Crippen LogP contribution in [0.4, 0.5) is 0 Å². The molecule has 0 radical (unpaired) electrons. The normalized spacial score (nSPS) is 29.0. The summed E-state index contributed by atoms with van der Waals surface area (Å²) in [5, 5.41) is 3.48. The standard InChI is InChI=1S/C14H19N3O4S/c1-9-13(6-15-21-9)14(18)17-10-2-3-11(17)8-16(7-10)22(19,20)12-4-5-12/h6,10-12H,2-5,7-8H2,1H3/t10-,11-/m0/s1. The molecule has 0 spiro atoms. The van der Waals surface area contributed by atoms with Crippen molar-refractivity contribution in [2.75, 3.05) is 13.1 Å². The molecule has 3 aliphatic rings. The van der Waals surface area contributed by atoms with Crippen LogP contribution in [0, 0.1) is 6.92 Å². The van der Waals surface area contributed by atoms with Crippen molar-refractivity contribution >= 4 is 15.9 Å². The number of sulfonamides is 1. The van der Waals surface area contributed by atoms with Gasteiger partial charge in [0, 0.05) is 25.2 Å². The van der Waals surface area contributed by atoms with Gasteiger partial charge in [-0.15, -0.1) is 0 Å². The lowest BCUT2D eigenvalue weighted by molar-refractivity contribution is 0.0540. The number of fused-ring (bicyclic) bond motifs is 2. The second-order valence-corrected chi connectivity index (χ2v) is 8.67. The third kappa shape index (κ3) is 2.08. The molecule has 1 amide bonds. The van der Waals surface area contributed by atoms with Crippen molar-refractivity contribution < 1.29 is 17.7 Å². The Morgan fingerprint density at radius 3 is 2.36 bits per heavy atom. The highest BCUT2D eigenvalue weighted by atomic mass is 32.2. The molecular formula is C14H19N3O4S. The summed E-state index contributed by atoms with van der Waals surface area (Å²) in [6.07, 6.45) is 4.71. The summed E-state index contributed by atoms with van der Waals surface area (Å²) in [5.41, 5.74) is 0.482. The number of hydrogen-bond donors (Lipinski definition) is 0. The van der Waals surface area contributed by atoms with Crippen LogP contribution in [-0.2, 0) is 10.0 Å². The number of nitrogens with zero attached hydrogens (tertiary/aromatic N) is 3. The molecule has 1 aromatic heterocycles. The highest BCUT2D eigenvalue weighted by molar-refractivity contribution is 7.90. The lowest BCUT2D eigenvalue weighted by Gasteiger charge is -2.40. The number of amides is 1. The first-order chi connectivity index (χ1) is 10.5. The third-order valence-electron chi connectivity index (χ3n) is 4.97. The largest absolute Gasteiger partial charge is 0.361 e. The molecule has 3 fully saturated rings.